The molecule has 1 saturated carbocycles. The Kier molecular flexibility index (Phi) is 6.58. The fourth-order valence-corrected chi connectivity index (χ4v) is 6.39. The molecule has 6 nitrogen and oxygen atoms in total. The van der Waals surface area contributed by atoms with Crippen molar-refractivity contribution < 1.29 is 9.59 Å². The number of fused-ring (bicyclic) bond motifs is 1. The van der Waals surface area contributed by atoms with Crippen LogP contribution >= 0.6 is 0 Å². The summed E-state index contributed by atoms with van der Waals surface area (Å²) >= 11 is 0. The predicted molar refractivity (Wildman–Crippen MR) is 140 cm³/mol. The molecule has 1 aliphatic carbocycles. The lowest BCUT2D eigenvalue weighted by atomic mass is 9.61. The van der Waals surface area contributed by atoms with E-state index in [4.69, 9.17) is 5.73 Å². The number of primary amides is 1. The van der Waals surface area contributed by atoms with E-state index < -0.39 is 11.9 Å². The van der Waals surface area contributed by atoms with Gasteiger partial charge in [0.05, 0.1) is 0 Å². The van der Waals surface area contributed by atoms with Gasteiger partial charge in [-0.1, -0.05) is 64.1 Å². The lowest BCUT2D eigenvalue weighted by Crippen LogP contribution is -2.35. The average Bonchev–Trinajstić information content (AvgIpc) is 2.74. The molecule has 35 heavy (non-hydrogen) atoms. The summed E-state index contributed by atoms with van der Waals surface area (Å²) in [6, 6.07) is 15.1. The van der Waals surface area contributed by atoms with E-state index in [0.717, 1.165) is 19.3 Å². The van der Waals surface area contributed by atoms with E-state index in [1.807, 2.05) is 12.1 Å². The van der Waals surface area contributed by atoms with Crippen LogP contribution in [-0.4, -0.2) is 16.4 Å². The number of nitrogens with zero attached hydrogens (tertiary/aromatic N) is 1. The van der Waals surface area contributed by atoms with Gasteiger partial charge in [-0.15, -0.1) is 0 Å². The quantitative estimate of drug-likeness (QED) is 0.511. The molecule has 0 bridgehead atoms. The molecule has 3 N–H and O–H groups in total. The van der Waals surface area contributed by atoms with Crippen LogP contribution in [0.5, 0.6) is 0 Å². The molecule has 1 heterocycles. The van der Waals surface area contributed by atoms with Gasteiger partial charge in [-0.25, -0.2) is 0 Å². The lowest BCUT2D eigenvalue weighted by Gasteiger charge is -2.45. The van der Waals surface area contributed by atoms with E-state index >= 15 is 0 Å². The molecule has 0 aliphatic heterocycles. The first-order chi connectivity index (χ1) is 16.5. The first kappa shape index (κ1) is 24.7. The second-order valence-electron chi connectivity index (χ2n) is 11.5. The van der Waals surface area contributed by atoms with Crippen LogP contribution < -0.4 is 16.6 Å². The largest absolute Gasteiger partial charge is 0.368 e. The van der Waals surface area contributed by atoms with E-state index in [-0.39, 0.29) is 22.3 Å². The highest BCUT2D eigenvalue weighted by Gasteiger charge is 2.39. The standard InChI is InChI=1S/C29H35N3O3/c1-28(2)16-19(17-29(3,4)18-28)15-24(33)31-23-12-8-11-22-21(23)13-14-32(27(22)35)25(26(30)34)20-9-6-5-7-10-20/h5-14,19,25H,15-18H2,1-4H3,(H2,30,34)(H,31,33)/t25-/m1/s1. The van der Waals surface area contributed by atoms with E-state index in [9.17, 15) is 14.4 Å². The zero-order valence-corrected chi connectivity index (χ0v) is 21.0. The van der Waals surface area contributed by atoms with Crippen molar-refractivity contribution in [2.75, 3.05) is 5.32 Å². The number of hydrogen-bond acceptors (Lipinski definition) is 3. The molecule has 1 aliphatic rings. The second-order valence-corrected chi connectivity index (χ2v) is 11.5. The summed E-state index contributed by atoms with van der Waals surface area (Å²) in [7, 11) is 0. The highest BCUT2D eigenvalue weighted by molar-refractivity contribution is 6.02. The van der Waals surface area contributed by atoms with Crippen molar-refractivity contribution in [3.05, 3.63) is 76.7 Å². The third kappa shape index (κ3) is 5.47. The number of amides is 2. The number of aromatic nitrogens is 1. The highest BCUT2D eigenvalue weighted by atomic mass is 16.2. The maximum Gasteiger partial charge on any atom is 0.259 e. The summed E-state index contributed by atoms with van der Waals surface area (Å²) in [6.45, 7) is 9.12. The van der Waals surface area contributed by atoms with Crippen LogP contribution in [-0.2, 0) is 9.59 Å². The van der Waals surface area contributed by atoms with Crippen LogP contribution in [0.2, 0.25) is 0 Å². The molecule has 2 aromatic carbocycles. The van der Waals surface area contributed by atoms with Crippen LogP contribution in [0.3, 0.4) is 0 Å². The van der Waals surface area contributed by atoms with Gasteiger partial charge in [-0.05, 0) is 59.8 Å². The molecule has 1 atom stereocenters. The summed E-state index contributed by atoms with van der Waals surface area (Å²) < 4.78 is 1.36. The SMILES string of the molecule is CC1(C)CC(CC(=O)Nc2cccc3c(=O)n([C@@H](C(N)=O)c4ccccc4)ccc23)CC(C)(C)C1. The van der Waals surface area contributed by atoms with Crippen molar-refractivity contribution >= 4 is 28.3 Å². The minimum atomic E-state index is -0.913. The zero-order valence-electron chi connectivity index (χ0n) is 21.0. The van der Waals surface area contributed by atoms with Gasteiger partial charge in [0.15, 0.2) is 0 Å². The van der Waals surface area contributed by atoms with Crippen LogP contribution in [0.4, 0.5) is 5.69 Å². The minimum Gasteiger partial charge on any atom is -0.368 e. The molecule has 1 aromatic heterocycles. The predicted octanol–water partition coefficient (Wildman–Crippen LogP) is 5.26. The summed E-state index contributed by atoms with van der Waals surface area (Å²) in [4.78, 5) is 38.7. The normalized spacial score (nSPS) is 18.2. The van der Waals surface area contributed by atoms with Gasteiger partial charge in [0.1, 0.15) is 6.04 Å². The Balaban J connectivity index is 1.61. The number of nitrogens with two attached hydrogens (primary N) is 1. The summed E-state index contributed by atoms with van der Waals surface area (Å²) in [5.41, 5.74) is 7.02. The van der Waals surface area contributed by atoms with Crippen LogP contribution in [0.25, 0.3) is 10.8 Å². The third-order valence-corrected chi connectivity index (χ3v) is 7.02. The van der Waals surface area contributed by atoms with Crippen molar-refractivity contribution in [3.63, 3.8) is 0 Å². The van der Waals surface area contributed by atoms with E-state index in [1.165, 1.54) is 4.57 Å². The Hall–Kier alpha value is -3.41. The average molecular weight is 474 g/mol. The van der Waals surface area contributed by atoms with Crippen LogP contribution in [0, 0.1) is 16.7 Å². The van der Waals surface area contributed by atoms with Crippen molar-refractivity contribution in [1.82, 2.24) is 4.57 Å². The highest BCUT2D eigenvalue weighted by Crippen LogP contribution is 2.49. The Morgan fingerprint density at radius 1 is 0.971 bits per heavy atom. The molecular formula is C29H35N3O3. The van der Waals surface area contributed by atoms with Crippen molar-refractivity contribution in [3.8, 4) is 0 Å². The van der Waals surface area contributed by atoms with Gasteiger partial charge in [-0.2, -0.15) is 0 Å². The second kappa shape index (κ2) is 9.33. The van der Waals surface area contributed by atoms with Gasteiger partial charge in [-0.3, -0.25) is 19.0 Å². The van der Waals surface area contributed by atoms with E-state index in [2.05, 4.69) is 33.0 Å². The van der Waals surface area contributed by atoms with Crippen molar-refractivity contribution in [1.29, 1.82) is 0 Å². The lowest BCUT2D eigenvalue weighted by molar-refractivity contribution is -0.120. The molecule has 3 aromatic rings. The molecule has 184 valence electrons. The monoisotopic (exact) mass is 473 g/mol. The summed E-state index contributed by atoms with van der Waals surface area (Å²) in [5, 5.41) is 4.10. The maximum atomic E-state index is 13.4. The molecule has 0 unspecified atom stereocenters. The topological polar surface area (TPSA) is 94.2 Å². The molecule has 1 fully saturated rings. The molecular weight excluding hydrogens is 438 g/mol. The number of carbonyl (C=O) groups is 2. The van der Waals surface area contributed by atoms with Gasteiger partial charge in [0.2, 0.25) is 11.8 Å². The van der Waals surface area contributed by atoms with Crippen molar-refractivity contribution in [2.24, 2.45) is 22.5 Å². The van der Waals surface area contributed by atoms with Gasteiger partial charge in [0, 0.05) is 29.1 Å². The molecule has 0 saturated heterocycles. The smallest absolute Gasteiger partial charge is 0.259 e. The fraction of sp³-hybridized carbons (Fsp3) is 0.414. The number of nitrogens with one attached hydrogen (secondary N) is 1. The Bertz CT molecular complexity index is 1290. The van der Waals surface area contributed by atoms with Crippen molar-refractivity contribution in [2.45, 2.75) is 59.4 Å². The van der Waals surface area contributed by atoms with Gasteiger partial charge < -0.3 is 11.1 Å². The number of benzene rings is 2. The number of anilines is 1. The Morgan fingerprint density at radius 2 is 1.63 bits per heavy atom. The summed E-state index contributed by atoms with van der Waals surface area (Å²) in [6.07, 6.45) is 5.24. The maximum absolute atomic E-state index is 13.4. The van der Waals surface area contributed by atoms with Gasteiger partial charge >= 0.3 is 0 Å². The number of pyridine rings is 1. The van der Waals surface area contributed by atoms with E-state index in [1.54, 1.807) is 48.7 Å². The first-order valence-corrected chi connectivity index (χ1v) is 12.2. The number of carbonyl (C=O) groups excluding carboxylic acids is 2. The zero-order chi connectivity index (χ0) is 25.4. The summed E-state index contributed by atoms with van der Waals surface area (Å²) in [5.74, 6) is -0.330. The molecule has 0 radical (unpaired) electrons. The Labute approximate surface area is 206 Å². The third-order valence-electron chi connectivity index (χ3n) is 7.02. The fourth-order valence-electron chi connectivity index (χ4n) is 6.39. The van der Waals surface area contributed by atoms with Gasteiger partial charge in [0.25, 0.3) is 5.56 Å². The molecule has 6 heteroatoms. The number of rotatable bonds is 6. The molecule has 4 rings (SSSR count). The first-order valence-electron chi connectivity index (χ1n) is 12.2. The Morgan fingerprint density at radius 3 is 2.26 bits per heavy atom. The molecule has 2 amide bonds. The van der Waals surface area contributed by atoms with Crippen LogP contribution in [0.1, 0.15) is 65.0 Å². The van der Waals surface area contributed by atoms with Crippen LogP contribution in [0.15, 0.2) is 65.6 Å². The number of hydrogen-bond donors (Lipinski definition) is 2. The van der Waals surface area contributed by atoms with E-state index in [0.29, 0.717) is 34.4 Å². The minimum absolute atomic E-state index is 0.0422. The molecule has 0 spiro atoms.